The predicted octanol–water partition coefficient (Wildman–Crippen LogP) is 1.81. The normalized spacial score (nSPS) is 12.8. The number of Topliss-reactive ketones (excluding diaryl/α,β-unsaturated/α-hetero) is 1. The summed E-state index contributed by atoms with van der Waals surface area (Å²) in [5, 5.41) is 2.56. The number of nitrogens with one attached hydrogen (secondary N) is 1. The molecule has 0 aromatic rings. The van der Waals surface area contributed by atoms with E-state index in [1.807, 2.05) is 13.8 Å². The van der Waals surface area contributed by atoms with E-state index in [1.165, 1.54) is 0 Å². The van der Waals surface area contributed by atoms with Gasteiger partial charge in [0.25, 0.3) is 0 Å². The third-order valence-electron chi connectivity index (χ3n) is 4.21. The van der Waals surface area contributed by atoms with Crippen molar-refractivity contribution in [2.45, 2.75) is 40.8 Å². The molecule has 0 bridgehead atoms. The predicted molar refractivity (Wildman–Crippen MR) is 122 cm³/mol. The van der Waals surface area contributed by atoms with E-state index >= 15 is 0 Å². The van der Waals surface area contributed by atoms with Gasteiger partial charge >= 0.3 is 0 Å². The third kappa shape index (κ3) is 21.1. The first kappa shape index (κ1) is 31.8. The van der Waals surface area contributed by atoms with Gasteiger partial charge in [0.2, 0.25) is 5.91 Å². The van der Waals surface area contributed by atoms with Gasteiger partial charge in [0.1, 0.15) is 12.8 Å². The number of rotatable bonds is 22. The Morgan fingerprint density at radius 2 is 1.12 bits per heavy atom. The van der Waals surface area contributed by atoms with Crippen LogP contribution in [-0.2, 0) is 38.0 Å². The minimum Gasteiger partial charge on any atom is -0.377 e. The van der Waals surface area contributed by atoms with Crippen LogP contribution in [0.2, 0.25) is 0 Å². The Hall–Kier alpha value is -1.17. The van der Waals surface area contributed by atoms with Crippen LogP contribution >= 0.6 is 0 Å². The first-order valence-electron chi connectivity index (χ1n) is 11.6. The summed E-state index contributed by atoms with van der Waals surface area (Å²) in [4.78, 5) is 23.0. The van der Waals surface area contributed by atoms with Gasteiger partial charge in [-0.25, -0.2) is 4.39 Å². The SMILES string of the molecule is CC(C)C(=O)COCCOCCOCCOCCOCCOCC(F)CNC(=O)C(C)(C)C. The summed E-state index contributed by atoms with van der Waals surface area (Å²) in [6.07, 6.45) is -1.25. The van der Waals surface area contributed by atoms with Crippen LogP contribution in [0.25, 0.3) is 0 Å². The van der Waals surface area contributed by atoms with Gasteiger partial charge < -0.3 is 33.7 Å². The van der Waals surface area contributed by atoms with E-state index in [2.05, 4.69) is 5.32 Å². The highest BCUT2D eigenvalue weighted by atomic mass is 19.1. The molecule has 0 saturated carbocycles. The molecule has 196 valence electrons. The van der Waals surface area contributed by atoms with Gasteiger partial charge in [0.15, 0.2) is 5.78 Å². The average molecular weight is 482 g/mol. The Kier molecular flexibility index (Phi) is 19.5. The molecule has 0 spiro atoms. The standard InChI is InChI=1S/C23H44FNO8/c1-19(2)21(26)18-33-15-13-31-11-9-29-7-6-28-8-10-30-12-14-32-17-20(24)16-25-22(27)23(3,4)5/h19-20H,6-18H2,1-5H3,(H,25,27). The summed E-state index contributed by atoms with van der Waals surface area (Å²) >= 11 is 0. The molecule has 0 aromatic heterocycles. The van der Waals surface area contributed by atoms with Gasteiger partial charge in [0.05, 0.1) is 79.2 Å². The van der Waals surface area contributed by atoms with Crippen molar-refractivity contribution in [2.75, 3.05) is 85.8 Å². The van der Waals surface area contributed by atoms with Crippen LogP contribution in [0, 0.1) is 11.3 Å². The Bertz CT molecular complexity index is 499. The Morgan fingerprint density at radius 1 is 0.727 bits per heavy atom. The number of hydrogen-bond donors (Lipinski definition) is 1. The molecule has 0 radical (unpaired) electrons. The molecule has 1 amide bonds. The molecule has 33 heavy (non-hydrogen) atoms. The number of amides is 1. The number of carbonyl (C=O) groups excluding carboxylic acids is 2. The quantitative estimate of drug-likeness (QED) is 0.234. The molecule has 0 saturated heterocycles. The second-order valence-corrected chi connectivity index (χ2v) is 8.76. The zero-order valence-corrected chi connectivity index (χ0v) is 21.0. The van der Waals surface area contributed by atoms with Gasteiger partial charge in [-0.1, -0.05) is 34.6 Å². The lowest BCUT2D eigenvalue weighted by Crippen LogP contribution is -2.39. The molecule has 1 N–H and O–H groups in total. The first-order chi connectivity index (χ1) is 15.6. The minimum absolute atomic E-state index is 0.0105. The molecule has 1 unspecified atom stereocenters. The van der Waals surface area contributed by atoms with Crippen molar-refractivity contribution in [1.82, 2.24) is 5.32 Å². The third-order valence-corrected chi connectivity index (χ3v) is 4.21. The second-order valence-electron chi connectivity index (χ2n) is 8.76. The maximum Gasteiger partial charge on any atom is 0.225 e. The molecule has 0 aliphatic carbocycles. The van der Waals surface area contributed by atoms with Gasteiger partial charge in [0, 0.05) is 11.3 Å². The van der Waals surface area contributed by atoms with Crippen LogP contribution in [0.3, 0.4) is 0 Å². The van der Waals surface area contributed by atoms with Gasteiger partial charge in [-0.3, -0.25) is 9.59 Å². The summed E-state index contributed by atoms with van der Waals surface area (Å²) in [6, 6.07) is 0. The fourth-order valence-electron chi connectivity index (χ4n) is 2.08. The molecule has 0 fully saturated rings. The Morgan fingerprint density at radius 3 is 1.52 bits per heavy atom. The fourth-order valence-corrected chi connectivity index (χ4v) is 2.08. The van der Waals surface area contributed by atoms with Crippen LogP contribution < -0.4 is 5.32 Å². The lowest BCUT2D eigenvalue weighted by Gasteiger charge is -2.18. The number of ether oxygens (including phenoxy) is 6. The Labute approximate surface area is 197 Å². The summed E-state index contributed by atoms with van der Waals surface area (Å²) in [6.45, 7) is 13.1. The molecule has 1 atom stereocenters. The summed E-state index contributed by atoms with van der Waals surface area (Å²) in [7, 11) is 0. The second kappa shape index (κ2) is 20.2. The lowest BCUT2D eigenvalue weighted by atomic mass is 9.96. The lowest BCUT2D eigenvalue weighted by molar-refractivity contribution is -0.129. The number of halogens is 1. The van der Waals surface area contributed by atoms with Crippen molar-refractivity contribution in [3.05, 3.63) is 0 Å². The molecule has 10 heteroatoms. The zero-order valence-electron chi connectivity index (χ0n) is 21.0. The van der Waals surface area contributed by atoms with Gasteiger partial charge in [-0.2, -0.15) is 0 Å². The van der Waals surface area contributed by atoms with E-state index in [-0.39, 0.29) is 44.0 Å². The smallest absolute Gasteiger partial charge is 0.225 e. The largest absolute Gasteiger partial charge is 0.377 e. The van der Waals surface area contributed by atoms with E-state index in [9.17, 15) is 14.0 Å². The number of alkyl halides is 1. The van der Waals surface area contributed by atoms with Crippen LogP contribution in [-0.4, -0.2) is 104 Å². The molecule has 0 aliphatic rings. The maximum atomic E-state index is 13.7. The first-order valence-corrected chi connectivity index (χ1v) is 11.6. The highest BCUT2D eigenvalue weighted by molar-refractivity contribution is 5.81. The van der Waals surface area contributed by atoms with Crippen molar-refractivity contribution >= 4 is 11.7 Å². The summed E-state index contributed by atoms with van der Waals surface area (Å²) < 4.78 is 45.5. The molecular formula is C23H44FNO8. The van der Waals surface area contributed by atoms with Crippen molar-refractivity contribution in [3.8, 4) is 0 Å². The van der Waals surface area contributed by atoms with Crippen molar-refractivity contribution in [2.24, 2.45) is 11.3 Å². The van der Waals surface area contributed by atoms with Crippen LogP contribution in [0.1, 0.15) is 34.6 Å². The Balaban J connectivity index is 3.25. The highest BCUT2D eigenvalue weighted by Crippen LogP contribution is 2.12. The molecule has 0 aliphatic heterocycles. The number of carbonyl (C=O) groups is 2. The molecule has 9 nitrogen and oxygen atoms in total. The average Bonchev–Trinajstić information content (AvgIpc) is 2.75. The monoisotopic (exact) mass is 481 g/mol. The topological polar surface area (TPSA) is 102 Å². The van der Waals surface area contributed by atoms with E-state index in [1.54, 1.807) is 20.8 Å². The molecule has 0 rings (SSSR count). The highest BCUT2D eigenvalue weighted by Gasteiger charge is 2.21. The van der Waals surface area contributed by atoms with Crippen LogP contribution in [0.5, 0.6) is 0 Å². The molecular weight excluding hydrogens is 437 g/mol. The van der Waals surface area contributed by atoms with Crippen molar-refractivity contribution in [1.29, 1.82) is 0 Å². The van der Waals surface area contributed by atoms with E-state index < -0.39 is 11.6 Å². The van der Waals surface area contributed by atoms with Crippen molar-refractivity contribution < 1.29 is 42.4 Å². The summed E-state index contributed by atoms with van der Waals surface area (Å²) in [5.74, 6) is -0.115. The number of ketones is 1. The molecule has 0 heterocycles. The maximum absolute atomic E-state index is 13.7. The van der Waals surface area contributed by atoms with Crippen LogP contribution in [0.4, 0.5) is 4.39 Å². The van der Waals surface area contributed by atoms with E-state index in [0.29, 0.717) is 59.5 Å². The van der Waals surface area contributed by atoms with Crippen molar-refractivity contribution in [3.63, 3.8) is 0 Å². The molecule has 0 aromatic carbocycles. The fraction of sp³-hybridized carbons (Fsp3) is 0.913. The van der Waals surface area contributed by atoms with Gasteiger partial charge in [-0.05, 0) is 0 Å². The van der Waals surface area contributed by atoms with E-state index in [0.717, 1.165) is 0 Å². The number of hydrogen-bond acceptors (Lipinski definition) is 8. The summed E-state index contributed by atoms with van der Waals surface area (Å²) in [5.41, 5.74) is -0.538. The van der Waals surface area contributed by atoms with Crippen LogP contribution in [0.15, 0.2) is 0 Å². The van der Waals surface area contributed by atoms with E-state index in [4.69, 9.17) is 28.4 Å². The minimum atomic E-state index is -1.25. The van der Waals surface area contributed by atoms with Gasteiger partial charge in [-0.15, -0.1) is 0 Å². The zero-order chi connectivity index (χ0) is 25.0.